The first-order valence-electron chi connectivity index (χ1n) is 10.3. The van der Waals surface area contributed by atoms with Crippen LogP contribution in [0.15, 0.2) is 36.4 Å². The van der Waals surface area contributed by atoms with Crippen molar-refractivity contribution < 1.29 is 29.9 Å². The van der Waals surface area contributed by atoms with E-state index in [1.807, 2.05) is 25.1 Å². The SMILES string of the molecule is CCc1ccc(Cn2nnc3cc(C)cc(O[C@@H]4O[C@H](CO)[C@@H](O)[C@H](O)[C@H]4O)c32)cc1. The van der Waals surface area contributed by atoms with Crippen LogP contribution in [-0.2, 0) is 17.7 Å². The molecular formula is C22H27N3O6. The molecule has 1 fully saturated rings. The van der Waals surface area contributed by atoms with Gasteiger partial charge in [-0.25, -0.2) is 4.68 Å². The standard InChI is InChI=1S/C22H27N3O6/c1-3-13-4-6-14(7-5-13)10-25-18-15(23-24-25)8-12(2)9-16(18)30-22-21(29)20(28)19(27)17(11-26)31-22/h4-9,17,19-22,26-29H,3,10-11H2,1-2H3/t17-,19-,20+,21-,22-/m1/s1. The number of aromatic nitrogens is 3. The Balaban J connectivity index is 1.66. The summed E-state index contributed by atoms with van der Waals surface area (Å²) in [6.07, 6.45) is -5.84. The van der Waals surface area contributed by atoms with Gasteiger partial charge in [-0.05, 0) is 42.2 Å². The highest BCUT2D eigenvalue weighted by Gasteiger charge is 2.45. The molecular weight excluding hydrogens is 402 g/mol. The number of rotatable bonds is 6. The summed E-state index contributed by atoms with van der Waals surface area (Å²) in [5.41, 5.74) is 4.39. The lowest BCUT2D eigenvalue weighted by molar-refractivity contribution is -0.277. The molecule has 31 heavy (non-hydrogen) atoms. The van der Waals surface area contributed by atoms with Gasteiger partial charge in [0.05, 0.1) is 13.2 Å². The Hall–Kier alpha value is -2.56. The van der Waals surface area contributed by atoms with Crippen molar-refractivity contribution in [3.63, 3.8) is 0 Å². The summed E-state index contributed by atoms with van der Waals surface area (Å²) in [5.74, 6) is 0.370. The van der Waals surface area contributed by atoms with Crippen LogP contribution >= 0.6 is 0 Å². The molecule has 9 nitrogen and oxygen atoms in total. The molecule has 2 heterocycles. The molecule has 0 saturated carbocycles. The van der Waals surface area contributed by atoms with Crippen LogP contribution < -0.4 is 4.74 Å². The first kappa shape index (κ1) is 21.7. The predicted octanol–water partition coefficient (Wildman–Crippen LogP) is 0.529. The maximum Gasteiger partial charge on any atom is 0.229 e. The summed E-state index contributed by atoms with van der Waals surface area (Å²) in [6, 6.07) is 11.9. The van der Waals surface area contributed by atoms with E-state index in [1.165, 1.54) is 5.56 Å². The van der Waals surface area contributed by atoms with E-state index in [-0.39, 0.29) is 0 Å². The predicted molar refractivity (Wildman–Crippen MR) is 112 cm³/mol. The summed E-state index contributed by atoms with van der Waals surface area (Å²) in [5, 5.41) is 48.3. The zero-order valence-corrected chi connectivity index (χ0v) is 17.4. The second-order valence-corrected chi connectivity index (χ2v) is 7.86. The van der Waals surface area contributed by atoms with Crippen molar-refractivity contribution in [3.05, 3.63) is 53.1 Å². The molecule has 0 amide bonds. The van der Waals surface area contributed by atoms with Crippen LogP contribution in [-0.4, -0.2) is 72.7 Å². The third-order valence-corrected chi connectivity index (χ3v) is 5.57. The van der Waals surface area contributed by atoms with Gasteiger partial charge in [-0.1, -0.05) is 36.4 Å². The maximum atomic E-state index is 10.3. The van der Waals surface area contributed by atoms with Gasteiger partial charge in [0.15, 0.2) is 5.75 Å². The number of aryl methyl sites for hydroxylation is 2. The summed E-state index contributed by atoms with van der Waals surface area (Å²) in [4.78, 5) is 0. The monoisotopic (exact) mass is 429 g/mol. The van der Waals surface area contributed by atoms with Crippen LogP contribution in [0.1, 0.15) is 23.6 Å². The van der Waals surface area contributed by atoms with Crippen molar-refractivity contribution in [2.24, 2.45) is 0 Å². The second kappa shape index (κ2) is 8.89. The topological polar surface area (TPSA) is 130 Å². The van der Waals surface area contributed by atoms with Crippen molar-refractivity contribution in [2.75, 3.05) is 6.61 Å². The first-order chi connectivity index (χ1) is 14.9. The molecule has 0 bridgehead atoms. The van der Waals surface area contributed by atoms with Crippen LogP contribution in [0.2, 0.25) is 0 Å². The fourth-order valence-electron chi connectivity index (χ4n) is 3.75. The van der Waals surface area contributed by atoms with Crippen LogP contribution in [0.4, 0.5) is 0 Å². The van der Waals surface area contributed by atoms with Gasteiger partial charge in [-0.2, -0.15) is 0 Å². The zero-order chi connectivity index (χ0) is 22.1. The second-order valence-electron chi connectivity index (χ2n) is 7.86. The highest BCUT2D eigenvalue weighted by molar-refractivity contribution is 5.82. The Morgan fingerprint density at radius 2 is 1.74 bits per heavy atom. The van der Waals surface area contributed by atoms with Gasteiger partial charge >= 0.3 is 0 Å². The highest BCUT2D eigenvalue weighted by Crippen LogP contribution is 2.31. The molecule has 3 aromatic rings. The third-order valence-electron chi connectivity index (χ3n) is 5.57. The molecule has 166 valence electrons. The Labute approximate surface area is 179 Å². The Morgan fingerprint density at radius 3 is 2.42 bits per heavy atom. The van der Waals surface area contributed by atoms with Crippen LogP contribution in [0, 0.1) is 6.92 Å². The van der Waals surface area contributed by atoms with Gasteiger partial charge in [-0.15, -0.1) is 5.10 Å². The number of aliphatic hydroxyl groups is 4. The van der Waals surface area contributed by atoms with Gasteiger partial charge in [0.2, 0.25) is 6.29 Å². The number of fused-ring (bicyclic) bond motifs is 1. The molecule has 0 radical (unpaired) electrons. The van der Waals surface area contributed by atoms with Crippen molar-refractivity contribution in [2.45, 2.75) is 57.5 Å². The molecule has 0 unspecified atom stereocenters. The third kappa shape index (κ3) is 4.28. The number of aliphatic hydroxyl groups excluding tert-OH is 4. The quantitative estimate of drug-likeness (QED) is 0.446. The lowest BCUT2D eigenvalue weighted by Crippen LogP contribution is -2.60. The van der Waals surface area contributed by atoms with E-state index in [4.69, 9.17) is 9.47 Å². The van der Waals surface area contributed by atoms with Gasteiger partial charge in [0, 0.05) is 0 Å². The number of nitrogens with zero attached hydrogens (tertiary/aromatic N) is 3. The molecule has 1 aliphatic rings. The van der Waals surface area contributed by atoms with Crippen molar-refractivity contribution in [1.82, 2.24) is 15.0 Å². The van der Waals surface area contributed by atoms with Crippen molar-refractivity contribution in [3.8, 4) is 5.75 Å². The summed E-state index contributed by atoms with van der Waals surface area (Å²) < 4.78 is 13.1. The fourth-order valence-corrected chi connectivity index (χ4v) is 3.75. The van der Waals surface area contributed by atoms with Crippen LogP contribution in [0.5, 0.6) is 5.75 Å². The average Bonchev–Trinajstić information content (AvgIpc) is 3.17. The number of hydrogen-bond donors (Lipinski definition) is 4. The minimum Gasteiger partial charge on any atom is -0.460 e. The molecule has 4 rings (SSSR count). The fraction of sp³-hybridized carbons (Fsp3) is 0.455. The normalized spacial score (nSPS) is 26.3. The number of ether oxygens (including phenoxy) is 2. The average molecular weight is 429 g/mol. The van der Waals surface area contributed by atoms with Crippen LogP contribution in [0.25, 0.3) is 11.0 Å². The Bertz CT molecular complexity index is 1040. The molecule has 9 heteroatoms. The summed E-state index contributed by atoms with van der Waals surface area (Å²) in [6.45, 7) is 3.92. The highest BCUT2D eigenvalue weighted by atomic mass is 16.7. The molecule has 1 saturated heterocycles. The largest absolute Gasteiger partial charge is 0.460 e. The van der Waals surface area contributed by atoms with E-state index < -0.39 is 37.3 Å². The molecule has 1 aromatic heterocycles. The van der Waals surface area contributed by atoms with Gasteiger partial charge in [0.25, 0.3) is 0 Å². The minimum absolute atomic E-state index is 0.370. The van der Waals surface area contributed by atoms with E-state index in [2.05, 4.69) is 29.4 Å². The lowest BCUT2D eigenvalue weighted by Gasteiger charge is -2.39. The minimum atomic E-state index is -1.52. The van der Waals surface area contributed by atoms with Crippen LogP contribution in [0.3, 0.4) is 0 Å². The van der Waals surface area contributed by atoms with E-state index in [0.29, 0.717) is 23.3 Å². The summed E-state index contributed by atoms with van der Waals surface area (Å²) in [7, 11) is 0. The Kier molecular flexibility index (Phi) is 6.22. The van der Waals surface area contributed by atoms with Crippen molar-refractivity contribution >= 4 is 11.0 Å². The molecule has 4 N–H and O–H groups in total. The molecule has 0 aliphatic carbocycles. The lowest BCUT2D eigenvalue weighted by atomic mass is 9.99. The maximum absolute atomic E-state index is 10.3. The number of hydrogen-bond acceptors (Lipinski definition) is 8. The van der Waals surface area contributed by atoms with E-state index in [1.54, 1.807) is 10.7 Å². The zero-order valence-electron chi connectivity index (χ0n) is 17.4. The van der Waals surface area contributed by atoms with Gasteiger partial charge in [-0.3, -0.25) is 0 Å². The van der Waals surface area contributed by atoms with E-state index in [0.717, 1.165) is 17.5 Å². The van der Waals surface area contributed by atoms with E-state index in [9.17, 15) is 20.4 Å². The molecule has 0 spiro atoms. The smallest absolute Gasteiger partial charge is 0.229 e. The number of benzene rings is 2. The van der Waals surface area contributed by atoms with E-state index >= 15 is 0 Å². The van der Waals surface area contributed by atoms with Crippen molar-refractivity contribution in [1.29, 1.82) is 0 Å². The first-order valence-corrected chi connectivity index (χ1v) is 10.3. The molecule has 2 aromatic carbocycles. The molecule has 1 aliphatic heterocycles. The van der Waals surface area contributed by atoms with Gasteiger partial charge in [0.1, 0.15) is 35.4 Å². The molecule has 5 atom stereocenters. The summed E-state index contributed by atoms with van der Waals surface area (Å²) >= 11 is 0. The Morgan fingerprint density at radius 1 is 1.03 bits per heavy atom. The van der Waals surface area contributed by atoms with Gasteiger partial charge < -0.3 is 29.9 Å².